The molecule has 0 saturated carbocycles. The molecule has 1 unspecified atom stereocenters. The lowest BCUT2D eigenvalue weighted by molar-refractivity contribution is 0.203. The van der Waals surface area contributed by atoms with Crippen molar-refractivity contribution < 1.29 is 4.74 Å². The second kappa shape index (κ2) is 5.54. The number of nitrogens with one attached hydrogen (secondary N) is 1. The van der Waals surface area contributed by atoms with Crippen molar-refractivity contribution in [1.82, 2.24) is 0 Å². The third-order valence-electron chi connectivity index (χ3n) is 2.75. The van der Waals surface area contributed by atoms with Gasteiger partial charge in [0, 0.05) is 6.42 Å². The quantitative estimate of drug-likeness (QED) is 0.592. The fraction of sp³-hybridized carbons (Fsp3) is 0.462. The number of hydrogen-bond acceptors (Lipinski definition) is 2. The van der Waals surface area contributed by atoms with Gasteiger partial charge in [-0.3, -0.25) is 5.41 Å². The molecule has 0 radical (unpaired) electrons. The lowest BCUT2D eigenvalue weighted by atomic mass is 10.1. The first-order valence-electron chi connectivity index (χ1n) is 5.60. The van der Waals surface area contributed by atoms with Crippen LogP contribution in [0.1, 0.15) is 30.9 Å². The Labute approximate surface area is 97.1 Å². The molecular weight excluding hydrogens is 200 g/mol. The number of benzene rings is 1. The summed E-state index contributed by atoms with van der Waals surface area (Å²) in [6.45, 7) is 6.15. The Balaban J connectivity index is 2.77. The average molecular weight is 220 g/mol. The van der Waals surface area contributed by atoms with E-state index < -0.39 is 0 Å². The lowest BCUT2D eigenvalue weighted by Crippen LogP contribution is -2.24. The smallest absolute Gasteiger partial charge is 0.122 e. The maximum atomic E-state index is 7.29. The summed E-state index contributed by atoms with van der Waals surface area (Å²) in [4.78, 5) is 0. The summed E-state index contributed by atoms with van der Waals surface area (Å²) in [7, 11) is 0. The Morgan fingerprint density at radius 3 is 2.69 bits per heavy atom. The number of amidine groups is 1. The van der Waals surface area contributed by atoms with E-state index in [2.05, 4.69) is 13.0 Å². The molecule has 0 bridgehead atoms. The molecule has 16 heavy (non-hydrogen) atoms. The molecule has 1 aromatic carbocycles. The first kappa shape index (κ1) is 12.6. The highest BCUT2D eigenvalue weighted by atomic mass is 16.5. The Morgan fingerprint density at radius 1 is 1.44 bits per heavy atom. The zero-order valence-corrected chi connectivity index (χ0v) is 10.2. The maximum Gasteiger partial charge on any atom is 0.122 e. The summed E-state index contributed by atoms with van der Waals surface area (Å²) in [5.74, 6) is 1.07. The maximum absolute atomic E-state index is 7.29. The standard InChI is InChI=1S/C13H20N2O/c1-4-11(8-13(14)15)16-12-7-5-6-9(2)10(12)3/h5-7,11H,4,8H2,1-3H3,(H3,14,15). The van der Waals surface area contributed by atoms with Crippen LogP contribution in [0.25, 0.3) is 0 Å². The minimum atomic E-state index is -0.00185. The first-order chi connectivity index (χ1) is 7.54. The molecule has 3 heteroatoms. The van der Waals surface area contributed by atoms with Crippen molar-refractivity contribution in [3.8, 4) is 5.75 Å². The molecule has 1 aromatic rings. The van der Waals surface area contributed by atoms with E-state index in [-0.39, 0.29) is 11.9 Å². The first-order valence-corrected chi connectivity index (χ1v) is 5.60. The molecule has 0 aliphatic rings. The Bertz CT molecular complexity index is 374. The van der Waals surface area contributed by atoms with Crippen LogP contribution in [-0.4, -0.2) is 11.9 Å². The summed E-state index contributed by atoms with van der Waals surface area (Å²) < 4.78 is 5.87. The van der Waals surface area contributed by atoms with Crippen LogP contribution in [0.2, 0.25) is 0 Å². The van der Waals surface area contributed by atoms with Crippen LogP contribution in [0.15, 0.2) is 18.2 Å². The molecule has 0 aliphatic carbocycles. The van der Waals surface area contributed by atoms with Gasteiger partial charge in [0.25, 0.3) is 0 Å². The summed E-state index contributed by atoms with van der Waals surface area (Å²) in [5, 5.41) is 7.29. The molecule has 0 spiro atoms. The zero-order valence-electron chi connectivity index (χ0n) is 10.2. The van der Waals surface area contributed by atoms with Gasteiger partial charge in [-0.15, -0.1) is 0 Å². The van der Waals surface area contributed by atoms with Crippen molar-refractivity contribution in [2.45, 2.75) is 39.7 Å². The van der Waals surface area contributed by atoms with Gasteiger partial charge in [-0.1, -0.05) is 19.1 Å². The van der Waals surface area contributed by atoms with E-state index >= 15 is 0 Å². The summed E-state index contributed by atoms with van der Waals surface area (Å²) >= 11 is 0. The van der Waals surface area contributed by atoms with Crippen LogP contribution in [-0.2, 0) is 0 Å². The molecule has 0 saturated heterocycles. The highest BCUT2D eigenvalue weighted by Crippen LogP contribution is 2.23. The highest BCUT2D eigenvalue weighted by Gasteiger charge is 2.11. The number of hydrogen-bond donors (Lipinski definition) is 2. The third-order valence-corrected chi connectivity index (χ3v) is 2.75. The van der Waals surface area contributed by atoms with Gasteiger partial charge in [0.15, 0.2) is 0 Å². The van der Waals surface area contributed by atoms with E-state index in [1.165, 1.54) is 5.56 Å². The molecule has 3 N–H and O–H groups in total. The summed E-state index contributed by atoms with van der Waals surface area (Å²) in [6, 6.07) is 6.01. The highest BCUT2D eigenvalue weighted by molar-refractivity contribution is 5.77. The summed E-state index contributed by atoms with van der Waals surface area (Å²) in [6.07, 6.45) is 1.34. The van der Waals surface area contributed by atoms with Crippen molar-refractivity contribution in [3.63, 3.8) is 0 Å². The molecule has 0 fully saturated rings. The second-order valence-corrected chi connectivity index (χ2v) is 4.08. The monoisotopic (exact) mass is 220 g/mol. The van der Waals surface area contributed by atoms with E-state index in [1.807, 2.05) is 26.0 Å². The van der Waals surface area contributed by atoms with E-state index in [1.54, 1.807) is 0 Å². The van der Waals surface area contributed by atoms with E-state index in [4.69, 9.17) is 15.9 Å². The van der Waals surface area contributed by atoms with Gasteiger partial charge in [-0.2, -0.15) is 0 Å². The number of aryl methyl sites for hydroxylation is 1. The largest absolute Gasteiger partial charge is 0.490 e. The van der Waals surface area contributed by atoms with Gasteiger partial charge in [0.2, 0.25) is 0 Å². The molecular formula is C13H20N2O. The van der Waals surface area contributed by atoms with Crippen molar-refractivity contribution in [1.29, 1.82) is 5.41 Å². The van der Waals surface area contributed by atoms with Gasteiger partial charge in [0.05, 0.1) is 5.84 Å². The van der Waals surface area contributed by atoms with Crippen LogP contribution in [0.5, 0.6) is 5.75 Å². The van der Waals surface area contributed by atoms with Gasteiger partial charge in [-0.25, -0.2) is 0 Å². The van der Waals surface area contributed by atoms with Gasteiger partial charge < -0.3 is 10.5 Å². The van der Waals surface area contributed by atoms with Crippen molar-refractivity contribution in [3.05, 3.63) is 29.3 Å². The van der Waals surface area contributed by atoms with Gasteiger partial charge in [-0.05, 0) is 37.5 Å². The van der Waals surface area contributed by atoms with Crippen molar-refractivity contribution >= 4 is 5.84 Å². The lowest BCUT2D eigenvalue weighted by Gasteiger charge is -2.19. The van der Waals surface area contributed by atoms with Gasteiger partial charge in [0.1, 0.15) is 11.9 Å². The second-order valence-electron chi connectivity index (χ2n) is 4.08. The predicted octanol–water partition coefficient (Wildman–Crippen LogP) is 2.79. The molecule has 88 valence electrons. The zero-order chi connectivity index (χ0) is 12.1. The van der Waals surface area contributed by atoms with Crippen LogP contribution in [0.4, 0.5) is 0 Å². The fourth-order valence-electron chi connectivity index (χ4n) is 1.55. The topological polar surface area (TPSA) is 59.1 Å². The van der Waals surface area contributed by atoms with Crippen LogP contribution in [0.3, 0.4) is 0 Å². The molecule has 0 amide bonds. The molecule has 0 aliphatic heterocycles. The van der Waals surface area contributed by atoms with Crippen LogP contribution >= 0.6 is 0 Å². The number of ether oxygens (including phenoxy) is 1. The van der Waals surface area contributed by atoms with Crippen LogP contribution < -0.4 is 10.5 Å². The van der Waals surface area contributed by atoms with E-state index in [0.717, 1.165) is 17.7 Å². The predicted molar refractivity (Wildman–Crippen MR) is 67.2 cm³/mol. The van der Waals surface area contributed by atoms with Crippen molar-refractivity contribution in [2.24, 2.45) is 5.73 Å². The molecule has 3 nitrogen and oxygen atoms in total. The molecule has 1 atom stereocenters. The number of nitrogens with two attached hydrogens (primary N) is 1. The fourth-order valence-corrected chi connectivity index (χ4v) is 1.55. The Hall–Kier alpha value is -1.51. The average Bonchev–Trinajstić information content (AvgIpc) is 2.23. The van der Waals surface area contributed by atoms with E-state index in [9.17, 15) is 0 Å². The van der Waals surface area contributed by atoms with Gasteiger partial charge >= 0.3 is 0 Å². The normalized spacial score (nSPS) is 12.2. The van der Waals surface area contributed by atoms with E-state index in [0.29, 0.717) is 6.42 Å². The molecule has 1 rings (SSSR count). The van der Waals surface area contributed by atoms with Crippen LogP contribution in [0, 0.1) is 19.3 Å². The minimum Gasteiger partial charge on any atom is -0.490 e. The number of rotatable bonds is 5. The molecule has 0 heterocycles. The Kier molecular flexibility index (Phi) is 4.35. The summed E-state index contributed by atoms with van der Waals surface area (Å²) in [5.41, 5.74) is 7.77. The molecule has 0 aromatic heterocycles. The third kappa shape index (κ3) is 3.26. The van der Waals surface area contributed by atoms with Crippen molar-refractivity contribution in [2.75, 3.05) is 0 Å². The minimum absolute atomic E-state index is 0.00185. The SMILES string of the molecule is CCC(CC(=N)N)Oc1cccc(C)c1C. The Morgan fingerprint density at radius 2 is 2.12 bits per heavy atom.